The number of carboxylic acids is 1. The van der Waals surface area contributed by atoms with Crippen LogP contribution in [0.5, 0.6) is 0 Å². The van der Waals surface area contributed by atoms with Crippen LogP contribution < -0.4 is 0 Å². The number of carbonyl (C=O) groups is 2. The van der Waals surface area contributed by atoms with Crippen LogP contribution in [0.2, 0.25) is 0 Å². The number of unbranched alkanes of at least 4 members (excludes halogenated alkanes) is 4. The molecule has 0 aliphatic rings. The summed E-state index contributed by atoms with van der Waals surface area (Å²) in [5.74, 6) is -1.38. The lowest BCUT2D eigenvalue weighted by atomic mass is 9.84. The van der Waals surface area contributed by atoms with Crippen LogP contribution in [0.15, 0.2) is 24.3 Å². The van der Waals surface area contributed by atoms with E-state index in [9.17, 15) is 9.59 Å². The first-order valence-corrected chi connectivity index (χ1v) is 8.41. The summed E-state index contributed by atoms with van der Waals surface area (Å²) < 4.78 is 0. The molecule has 0 saturated heterocycles. The van der Waals surface area contributed by atoms with Gasteiger partial charge in [-0.15, -0.1) is 0 Å². The van der Waals surface area contributed by atoms with Gasteiger partial charge in [-0.3, -0.25) is 9.68 Å². The first-order chi connectivity index (χ1) is 11.2. The van der Waals surface area contributed by atoms with Gasteiger partial charge in [0.25, 0.3) is 0 Å². The van der Waals surface area contributed by atoms with E-state index >= 15 is 0 Å². The molecule has 2 N–H and O–H groups in total. The number of rotatable bonds is 7. The summed E-state index contributed by atoms with van der Waals surface area (Å²) >= 11 is 0. The molecule has 0 aliphatic heterocycles. The van der Waals surface area contributed by atoms with Crippen LogP contribution in [0.25, 0.3) is 0 Å². The minimum atomic E-state index is -0.712. The molecule has 0 spiro atoms. The van der Waals surface area contributed by atoms with Gasteiger partial charge < -0.3 is 5.11 Å². The van der Waals surface area contributed by atoms with Gasteiger partial charge in [0.1, 0.15) is 0 Å². The molecule has 24 heavy (non-hydrogen) atoms. The minimum Gasteiger partial charge on any atom is -0.481 e. The van der Waals surface area contributed by atoms with Crippen molar-refractivity contribution in [2.45, 2.75) is 71.6 Å². The van der Waals surface area contributed by atoms with E-state index in [1.54, 1.807) is 12.1 Å². The average Bonchev–Trinajstić information content (AvgIpc) is 2.53. The molecule has 5 nitrogen and oxygen atoms in total. The van der Waals surface area contributed by atoms with E-state index in [2.05, 4.69) is 11.8 Å². The normalized spacial score (nSPS) is 10.5. The average molecular weight is 338 g/mol. The van der Waals surface area contributed by atoms with Crippen molar-refractivity contribution in [3.8, 4) is 0 Å². The van der Waals surface area contributed by atoms with Gasteiger partial charge in [-0.2, -0.15) is 5.26 Å². The van der Waals surface area contributed by atoms with Crippen LogP contribution in [0, 0.1) is 0 Å². The Labute approximate surface area is 144 Å². The van der Waals surface area contributed by atoms with E-state index in [1.807, 2.05) is 32.9 Å². The molecule has 136 valence electrons. The zero-order valence-electron chi connectivity index (χ0n) is 15.2. The number of benzene rings is 1. The fourth-order valence-corrected chi connectivity index (χ4v) is 2.24. The molecule has 0 radical (unpaired) electrons. The van der Waals surface area contributed by atoms with Crippen molar-refractivity contribution in [3.63, 3.8) is 0 Å². The summed E-state index contributed by atoms with van der Waals surface area (Å²) in [6.07, 6.45) is 5.88. The summed E-state index contributed by atoms with van der Waals surface area (Å²) in [4.78, 5) is 25.0. The second-order valence-electron chi connectivity index (χ2n) is 6.73. The third-order valence-corrected chi connectivity index (χ3v) is 3.53. The first-order valence-electron chi connectivity index (χ1n) is 8.41. The highest BCUT2D eigenvalue weighted by Crippen LogP contribution is 2.25. The molecular formula is C19H30O5. The Morgan fingerprint density at radius 2 is 1.62 bits per heavy atom. The predicted molar refractivity (Wildman–Crippen MR) is 94.2 cm³/mol. The molecule has 0 saturated carbocycles. The Kier molecular flexibility index (Phi) is 10.7. The number of carbonyl (C=O) groups excluding carboxylic acids is 1. The zero-order valence-corrected chi connectivity index (χ0v) is 15.2. The van der Waals surface area contributed by atoms with Gasteiger partial charge in [-0.1, -0.05) is 71.6 Å². The van der Waals surface area contributed by atoms with Crippen molar-refractivity contribution in [2.24, 2.45) is 0 Å². The molecule has 0 aliphatic carbocycles. The van der Waals surface area contributed by atoms with Crippen molar-refractivity contribution >= 4 is 11.9 Å². The third kappa shape index (κ3) is 9.30. The highest BCUT2D eigenvalue weighted by atomic mass is 17.1. The molecule has 1 rings (SSSR count). The van der Waals surface area contributed by atoms with Crippen molar-refractivity contribution in [1.82, 2.24) is 0 Å². The van der Waals surface area contributed by atoms with Crippen LogP contribution in [-0.4, -0.2) is 22.3 Å². The standard InChI is InChI=1S/C11H14O3.C8H16O2/c1-11(2,3)9-7-5-4-6-8(9)10(12)14-13;1-2-3-4-5-6-7-8(9)10/h4-7,13H,1-3H3;2-7H2,1H3,(H,9,10). The first kappa shape index (κ1) is 22.1. The summed E-state index contributed by atoms with van der Waals surface area (Å²) in [5.41, 5.74) is 1.12. The maximum atomic E-state index is 11.2. The Hall–Kier alpha value is -1.88. The van der Waals surface area contributed by atoms with E-state index in [1.165, 1.54) is 19.3 Å². The van der Waals surface area contributed by atoms with E-state index in [4.69, 9.17) is 10.4 Å². The zero-order chi connectivity index (χ0) is 18.6. The Morgan fingerprint density at radius 1 is 1.04 bits per heavy atom. The summed E-state index contributed by atoms with van der Waals surface area (Å²) in [5, 5.41) is 16.6. The van der Waals surface area contributed by atoms with Crippen LogP contribution in [-0.2, 0) is 15.1 Å². The van der Waals surface area contributed by atoms with E-state index in [0.29, 0.717) is 12.0 Å². The topological polar surface area (TPSA) is 83.8 Å². The minimum absolute atomic E-state index is 0.148. The van der Waals surface area contributed by atoms with E-state index in [0.717, 1.165) is 18.4 Å². The predicted octanol–water partition coefficient (Wildman–Crippen LogP) is 5.05. The highest BCUT2D eigenvalue weighted by molar-refractivity contribution is 5.91. The van der Waals surface area contributed by atoms with Gasteiger partial charge >= 0.3 is 11.9 Å². The van der Waals surface area contributed by atoms with Crippen LogP contribution in [0.1, 0.15) is 82.1 Å². The number of aliphatic carboxylic acids is 1. The summed E-state index contributed by atoms with van der Waals surface area (Å²) in [7, 11) is 0. The fourth-order valence-electron chi connectivity index (χ4n) is 2.24. The number of carboxylic acid groups (broad SMARTS) is 1. The van der Waals surface area contributed by atoms with Crippen LogP contribution in [0.3, 0.4) is 0 Å². The smallest absolute Gasteiger partial charge is 0.373 e. The molecule has 0 atom stereocenters. The SMILES string of the molecule is CC(C)(C)c1ccccc1C(=O)OO.CCCCCCCC(=O)O. The van der Waals surface area contributed by atoms with Gasteiger partial charge in [0.15, 0.2) is 0 Å². The molecule has 0 amide bonds. The molecule has 0 bridgehead atoms. The monoisotopic (exact) mass is 338 g/mol. The quantitative estimate of drug-likeness (QED) is 0.413. The Morgan fingerprint density at radius 3 is 2.12 bits per heavy atom. The molecule has 5 heteroatoms. The second-order valence-corrected chi connectivity index (χ2v) is 6.73. The molecule has 1 aromatic carbocycles. The maximum absolute atomic E-state index is 11.2. The highest BCUT2D eigenvalue weighted by Gasteiger charge is 2.21. The Bertz CT molecular complexity index is 503. The molecule has 0 aromatic heterocycles. The van der Waals surface area contributed by atoms with Crippen molar-refractivity contribution in [1.29, 1.82) is 0 Å². The van der Waals surface area contributed by atoms with Crippen LogP contribution >= 0.6 is 0 Å². The van der Waals surface area contributed by atoms with Crippen LogP contribution in [0.4, 0.5) is 0 Å². The van der Waals surface area contributed by atoms with Gasteiger partial charge in [-0.25, -0.2) is 4.79 Å². The fraction of sp³-hybridized carbons (Fsp3) is 0.579. The summed E-state index contributed by atoms with van der Waals surface area (Å²) in [6.45, 7) is 8.14. The van der Waals surface area contributed by atoms with E-state index < -0.39 is 11.9 Å². The molecular weight excluding hydrogens is 308 g/mol. The van der Waals surface area contributed by atoms with Gasteiger partial charge in [-0.05, 0) is 23.5 Å². The lowest BCUT2D eigenvalue weighted by molar-refractivity contribution is -0.182. The van der Waals surface area contributed by atoms with Gasteiger partial charge in [0.05, 0.1) is 5.56 Å². The molecule has 0 heterocycles. The van der Waals surface area contributed by atoms with E-state index in [-0.39, 0.29) is 5.41 Å². The molecule has 1 aromatic rings. The van der Waals surface area contributed by atoms with Crippen molar-refractivity contribution in [3.05, 3.63) is 35.4 Å². The van der Waals surface area contributed by atoms with Gasteiger partial charge in [0.2, 0.25) is 0 Å². The van der Waals surface area contributed by atoms with Gasteiger partial charge in [0, 0.05) is 6.42 Å². The van der Waals surface area contributed by atoms with Crippen molar-refractivity contribution in [2.75, 3.05) is 0 Å². The largest absolute Gasteiger partial charge is 0.481 e. The maximum Gasteiger partial charge on any atom is 0.373 e. The molecule has 0 unspecified atom stereocenters. The lowest BCUT2D eigenvalue weighted by Gasteiger charge is -2.21. The lowest BCUT2D eigenvalue weighted by Crippen LogP contribution is -2.17. The third-order valence-electron chi connectivity index (χ3n) is 3.53. The molecule has 0 fully saturated rings. The van der Waals surface area contributed by atoms with Crippen molar-refractivity contribution < 1.29 is 24.8 Å². The Balaban J connectivity index is 0.000000470. The summed E-state index contributed by atoms with van der Waals surface area (Å²) in [6, 6.07) is 7.08. The number of hydrogen-bond donors (Lipinski definition) is 2. The number of hydrogen-bond acceptors (Lipinski definition) is 4. The second kappa shape index (κ2) is 11.6.